The molecule has 3 aromatic rings. The van der Waals surface area contributed by atoms with Gasteiger partial charge in [0.15, 0.2) is 5.69 Å². The van der Waals surface area contributed by atoms with Gasteiger partial charge in [-0.25, -0.2) is 4.98 Å². The first-order valence-corrected chi connectivity index (χ1v) is 9.93. The van der Waals surface area contributed by atoms with Gasteiger partial charge in [0, 0.05) is 44.8 Å². The fourth-order valence-corrected chi connectivity index (χ4v) is 3.28. The number of unbranched alkanes of at least 4 members (excludes halogenated alkanes) is 1. The molecule has 0 aliphatic carbocycles. The zero-order valence-electron chi connectivity index (χ0n) is 16.9. The van der Waals surface area contributed by atoms with E-state index in [0.29, 0.717) is 12.2 Å². The molecule has 0 aliphatic heterocycles. The zero-order valence-corrected chi connectivity index (χ0v) is 16.9. The Balaban J connectivity index is 1.78. The number of amides is 1. The lowest BCUT2D eigenvalue weighted by Crippen LogP contribution is -2.32. The van der Waals surface area contributed by atoms with Crippen LogP contribution in [0.25, 0.3) is 5.65 Å². The van der Waals surface area contributed by atoms with Gasteiger partial charge in [-0.05, 0) is 43.5 Å². The van der Waals surface area contributed by atoms with Gasteiger partial charge in [-0.1, -0.05) is 25.5 Å². The van der Waals surface area contributed by atoms with Crippen LogP contribution in [0.3, 0.4) is 0 Å². The Morgan fingerprint density at radius 2 is 2.14 bits per heavy atom. The summed E-state index contributed by atoms with van der Waals surface area (Å²) in [7, 11) is 1.85. The Morgan fingerprint density at radius 1 is 1.29 bits per heavy atom. The number of rotatable bonds is 9. The number of imidazole rings is 1. The summed E-state index contributed by atoms with van der Waals surface area (Å²) in [6.45, 7) is 5.59. The van der Waals surface area contributed by atoms with Crippen molar-refractivity contribution in [3.63, 3.8) is 0 Å². The van der Waals surface area contributed by atoms with Gasteiger partial charge < -0.3 is 14.6 Å². The normalized spacial score (nSPS) is 12.2. The van der Waals surface area contributed by atoms with Crippen molar-refractivity contribution >= 4 is 11.6 Å². The van der Waals surface area contributed by atoms with Crippen LogP contribution in [0.5, 0.6) is 0 Å². The van der Waals surface area contributed by atoms with Crippen LogP contribution in [-0.2, 0) is 13.0 Å². The maximum atomic E-state index is 13.0. The lowest BCUT2D eigenvalue weighted by molar-refractivity contribution is 0.0786. The van der Waals surface area contributed by atoms with Crippen LogP contribution in [0.1, 0.15) is 48.4 Å². The van der Waals surface area contributed by atoms with Gasteiger partial charge in [-0.2, -0.15) is 0 Å². The van der Waals surface area contributed by atoms with Gasteiger partial charge >= 0.3 is 0 Å². The number of carbonyl (C=O) groups excluding carboxylic acids is 1. The van der Waals surface area contributed by atoms with E-state index in [4.69, 9.17) is 0 Å². The predicted molar refractivity (Wildman–Crippen MR) is 111 cm³/mol. The molecule has 6 heteroatoms. The minimum atomic E-state index is -0.0196. The van der Waals surface area contributed by atoms with E-state index in [9.17, 15) is 4.79 Å². The summed E-state index contributed by atoms with van der Waals surface area (Å²) in [5, 5.41) is 3.54. The molecule has 0 saturated heterocycles. The number of pyridine rings is 2. The largest absolute Gasteiger partial charge is 0.340 e. The predicted octanol–water partition coefficient (Wildman–Crippen LogP) is 3.32. The van der Waals surface area contributed by atoms with E-state index in [-0.39, 0.29) is 11.9 Å². The maximum Gasteiger partial charge on any atom is 0.274 e. The van der Waals surface area contributed by atoms with Crippen LogP contribution in [0.2, 0.25) is 0 Å². The smallest absolute Gasteiger partial charge is 0.274 e. The number of hydrogen-bond acceptors (Lipinski definition) is 4. The Morgan fingerprint density at radius 3 is 2.89 bits per heavy atom. The highest BCUT2D eigenvalue weighted by Gasteiger charge is 2.22. The Bertz CT molecular complexity index is 906. The Kier molecular flexibility index (Phi) is 6.76. The molecule has 3 heterocycles. The van der Waals surface area contributed by atoms with Crippen molar-refractivity contribution < 1.29 is 4.79 Å². The molecular weight excluding hydrogens is 350 g/mol. The summed E-state index contributed by atoms with van der Waals surface area (Å²) >= 11 is 0. The van der Waals surface area contributed by atoms with Crippen molar-refractivity contribution in [2.45, 2.75) is 45.7 Å². The summed E-state index contributed by atoms with van der Waals surface area (Å²) in [4.78, 5) is 23.6. The van der Waals surface area contributed by atoms with Gasteiger partial charge in [-0.3, -0.25) is 9.78 Å². The summed E-state index contributed by atoms with van der Waals surface area (Å²) in [6, 6.07) is 10.1. The first-order valence-electron chi connectivity index (χ1n) is 9.93. The SMILES string of the molecule is CCCCN(C)C(=O)c1nc2ccccn2c1CN[C@H](C)Cc1cccnc1. The van der Waals surface area contributed by atoms with E-state index in [0.717, 1.165) is 37.1 Å². The molecule has 1 amide bonds. The minimum absolute atomic E-state index is 0.0196. The van der Waals surface area contributed by atoms with Crippen molar-refractivity contribution in [2.75, 3.05) is 13.6 Å². The zero-order chi connectivity index (χ0) is 19.9. The van der Waals surface area contributed by atoms with Crippen LogP contribution in [0.4, 0.5) is 0 Å². The molecule has 28 heavy (non-hydrogen) atoms. The molecule has 3 aromatic heterocycles. The Labute approximate surface area is 166 Å². The average molecular weight is 380 g/mol. The monoisotopic (exact) mass is 379 g/mol. The molecule has 0 aliphatic rings. The van der Waals surface area contributed by atoms with Crippen LogP contribution in [0.15, 0.2) is 48.9 Å². The van der Waals surface area contributed by atoms with E-state index in [2.05, 4.69) is 35.2 Å². The van der Waals surface area contributed by atoms with Gasteiger partial charge in [0.2, 0.25) is 0 Å². The second kappa shape index (κ2) is 9.46. The third kappa shape index (κ3) is 4.75. The molecule has 0 spiro atoms. The second-order valence-corrected chi connectivity index (χ2v) is 7.26. The van der Waals surface area contributed by atoms with Gasteiger partial charge in [0.05, 0.1) is 5.69 Å². The molecule has 3 rings (SSSR count). The fourth-order valence-electron chi connectivity index (χ4n) is 3.28. The second-order valence-electron chi connectivity index (χ2n) is 7.26. The van der Waals surface area contributed by atoms with Gasteiger partial charge in [-0.15, -0.1) is 0 Å². The number of nitrogens with zero attached hydrogens (tertiary/aromatic N) is 4. The molecule has 0 bridgehead atoms. The highest BCUT2D eigenvalue weighted by Crippen LogP contribution is 2.15. The van der Waals surface area contributed by atoms with E-state index in [1.165, 1.54) is 5.56 Å². The molecule has 1 N–H and O–H groups in total. The van der Waals surface area contributed by atoms with E-state index < -0.39 is 0 Å². The topological polar surface area (TPSA) is 62.5 Å². The van der Waals surface area contributed by atoms with Gasteiger partial charge in [0.1, 0.15) is 5.65 Å². The van der Waals surface area contributed by atoms with Crippen LogP contribution in [-0.4, -0.2) is 44.8 Å². The number of aromatic nitrogens is 3. The number of fused-ring (bicyclic) bond motifs is 1. The number of nitrogens with one attached hydrogen (secondary N) is 1. The molecule has 1 atom stereocenters. The molecule has 0 radical (unpaired) electrons. The van der Waals surface area contributed by atoms with Gasteiger partial charge in [0.25, 0.3) is 5.91 Å². The van der Waals surface area contributed by atoms with E-state index in [1.54, 1.807) is 11.1 Å². The standard InChI is InChI=1S/C22H29N5O/c1-4-5-12-26(3)22(28)21-19(27-13-7-6-10-20(27)25-21)16-24-17(2)14-18-9-8-11-23-15-18/h6-11,13,15,17,24H,4-5,12,14,16H2,1-3H3/t17-/m1/s1. The highest BCUT2D eigenvalue weighted by molar-refractivity contribution is 5.94. The fraction of sp³-hybridized carbons (Fsp3) is 0.409. The van der Waals surface area contributed by atoms with Crippen molar-refractivity contribution in [1.82, 2.24) is 24.6 Å². The molecule has 0 saturated carbocycles. The maximum absolute atomic E-state index is 13.0. The van der Waals surface area contributed by atoms with Crippen LogP contribution in [0, 0.1) is 0 Å². The lowest BCUT2D eigenvalue weighted by atomic mass is 10.1. The third-order valence-corrected chi connectivity index (χ3v) is 4.91. The summed E-state index contributed by atoms with van der Waals surface area (Å²) in [5.41, 5.74) is 3.43. The van der Waals surface area contributed by atoms with Crippen molar-refractivity contribution in [2.24, 2.45) is 0 Å². The molecule has 0 aromatic carbocycles. The van der Waals surface area contributed by atoms with Crippen LogP contribution >= 0.6 is 0 Å². The third-order valence-electron chi connectivity index (χ3n) is 4.91. The average Bonchev–Trinajstić information content (AvgIpc) is 3.09. The van der Waals surface area contributed by atoms with Crippen molar-refractivity contribution in [3.05, 3.63) is 65.9 Å². The van der Waals surface area contributed by atoms with Crippen molar-refractivity contribution in [1.29, 1.82) is 0 Å². The summed E-state index contributed by atoms with van der Waals surface area (Å²) in [5.74, 6) is -0.0196. The quantitative estimate of drug-likeness (QED) is 0.619. The molecule has 0 unspecified atom stereocenters. The minimum Gasteiger partial charge on any atom is -0.340 e. The molecular formula is C22H29N5O. The van der Waals surface area contributed by atoms with Crippen LogP contribution < -0.4 is 5.32 Å². The molecule has 0 fully saturated rings. The number of carbonyl (C=O) groups is 1. The number of hydrogen-bond donors (Lipinski definition) is 1. The first kappa shape index (κ1) is 20.0. The lowest BCUT2D eigenvalue weighted by Gasteiger charge is -2.17. The first-order chi connectivity index (χ1) is 13.6. The van der Waals surface area contributed by atoms with E-state index >= 15 is 0 Å². The summed E-state index contributed by atoms with van der Waals surface area (Å²) in [6.07, 6.45) is 8.57. The van der Waals surface area contributed by atoms with Crippen molar-refractivity contribution in [3.8, 4) is 0 Å². The highest BCUT2D eigenvalue weighted by atomic mass is 16.2. The van der Waals surface area contributed by atoms with E-state index in [1.807, 2.05) is 48.1 Å². The molecule has 148 valence electrons. The molecule has 6 nitrogen and oxygen atoms in total. The Hall–Kier alpha value is -2.73. The summed E-state index contributed by atoms with van der Waals surface area (Å²) < 4.78 is 2.00.